The van der Waals surface area contributed by atoms with E-state index in [1.807, 2.05) is 30.3 Å². The first-order valence-electron chi connectivity index (χ1n) is 10.7. The summed E-state index contributed by atoms with van der Waals surface area (Å²) in [6, 6.07) is 18.6. The predicted molar refractivity (Wildman–Crippen MR) is 136 cm³/mol. The minimum Gasteiger partial charge on any atom is -0.484 e. The normalized spacial score (nSPS) is 11.0. The van der Waals surface area contributed by atoms with Gasteiger partial charge in [0.2, 0.25) is 0 Å². The third-order valence-corrected chi connectivity index (χ3v) is 6.14. The Morgan fingerprint density at radius 2 is 1.80 bits per heavy atom. The summed E-state index contributed by atoms with van der Waals surface area (Å²) < 4.78 is 8.00. The molecule has 9 heteroatoms. The molecule has 0 aliphatic rings. The summed E-state index contributed by atoms with van der Waals surface area (Å²) in [6.45, 7) is 0.627. The molecule has 2 aromatic carbocycles. The van der Waals surface area contributed by atoms with Crippen LogP contribution in [0.3, 0.4) is 0 Å². The Balaban J connectivity index is 1.54. The van der Waals surface area contributed by atoms with Gasteiger partial charge in [0.15, 0.2) is 0 Å². The predicted octanol–water partition coefficient (Wildman–Crippen LogP) is 5.53. The van der Waals surface area contributed by atoms with E-state index in [0.29, 0.717) is 28.2 Å². The van der Waals surface area contributed by atoms with Crippen LogP contribution in [0.4, 0.5) is 0 Å². The lowest BCUT2D eigenvalue weighted by molar-refractivity contribution is 0.0995. The number of rotatable bonds is 7. The van der Waals surface area contributed by atoms with Gasteiger partial charge in [0.05, 0.1) is 23.8 Å². The monoisotopic (exact) mass is 503 g/mol. The summed E-state index contributed by atoms with van der Waals surface area (Å²) in [6.07, 6.45) is 4.99. The van der Waals surface area contributed by atoms with Crippen molar-refractivity contribution in [3.63, 3.8) is 0 Å². The maximum Gasteiger partial charge on any atom is 0.267 e. The highest BCUT2D eigenvalue weighted by Crippen LogP contribution is 2.28. The van der Waals surface area contributed by atoms with Gasteiger partial charge < -0.3 is 15.0 Å². The summed E-state index contributed by atoms with van der Waals surface area (Å²) in [5.74, 6) is 0.593. The second-order valence-corrected chi connectivity index (χ2v) is 8.66. The Morgan fingerprint density at radius 3 is 2.54 bits per heavy atom. The van der Waals surface area contributed by atoms with E-state index in [1.165, 1.54) is 12.3 Å². The maximum atomic E-state index is 11.3. The number of halogens is 2. The van der Waals surface area contributed by atoms with E-state index in [1.54, 1.807) is 30.6 Å². The van der Waals surface area contributed by atoms with Crippen LogP contribution < -0.4 is 10.5 Å². The van der Waals surface area contributed by atoms with E-state index in [2.05, 4.69) is 20.6 Å². The van der Waals surface area contributed by atoms with E-state index in [0.717, 1.165) is 27.7 Å². The van der Waals surface area contributed by atoms with Crippen LogP contribution in [0.25, 0.3) is 22.2 Å². The second kappa shape index (κ2) is 9.74. The first kappa shape index (κ1) is 22.8. The molecule has 0 saturated carbocycles. The fourth-order valence-electron chi connectivity index (χ4n) is 3.78. The highest BCUT2D eigenvalue weighted by molar-refractivity contribution is 6.33. The molecule has 7 nitrogen and oxygen atoms in total. The third kappa shape index (κ3) is 4.96. The zero-order chi connectivity index (χ0) is 24.4. The van der Waals surface area contributed by atoms with Crippen LogP contribution in [0.15, 0.2) is 79.3 Å². The average Bonchev–Trinajstić information content (AvgIpc) is 3.22. The average molecular weight is 504 g/mol. The van der Waals surface area contributed by atoms with Crippen molar-refractivity contribution >= 4 is 40.1 Å². The molecule has 0 fully saturated rings. The first-order valence-corrected chi connectivity index (χ1v) is 11.5. The molecule has 0 saturated heterocycles. The van der Waals surface area contributed by atoms with Gasteiger partial charge in [-0.3, -0.25) is 9.78 Å². The molecule has 0 aliphatic heterocycles. The zero-order valence-corrected chi connectivity index (χ0v) is 19.9. The number of pyridine rings is 2. The summed E-state index contributed by atoms with van der Waals surface area (Å²) in [5, 5.41) is 1.21. The number of ether oxygens (including phenoxy) is 1. The van der Waals surface area contributed by atoms with Gasteiger partial charge in [0, 0.05) is 22.4 Å². The number of carbonyl (C=O) groups is 1. The molecule has 35 heavy (non-hydrogen) atoms. The summed E-state index contributed by atoms with van der Waals surface area (Å²) in [7, 11) is 0. The van der Waals surface area contributed by atoms with Gasteiger partial charge in [-0.25, -0.2) is 9.97 Å². The molecule has 0 spiro atoms. The first-order chi connectivity index (χ1) is 17.0. The molecule has 0 atom stereocenters. The smallest absolute Gasteiger partial charge is 0.267 e. The Hall–Kier alpha value is -3.94. The maximum absolute atomic E-state index is 11.3. The number of fused-ring (bicyclic) bond motifs is 1. The molecule has 0 unspecified atom stereocenters. The number of aromatic nitrogens is 4. The van der Waals surface area contributed by atoms with E-state index in [-0.39, 0.29) is 12.3 Å². The van der Waals surface area contributed by atoms with Crippen molar-refractivity contribution in [1.29, 1.82) is 0 Å². The number of nitrogens with two attached hydrogens (primary N) is 1. The molecule has 0 aliphatic carbocycles. The molecule has 3 heterocycles. The van der Waals surface area contributed by atoms with Crippen molar-refractivity contribution in [3.05, 3.63) is 106 Å². The van der Waals surface area contributed by atoms with Crippen LogP contribution in [0.5, 0.6) is 5.75 Å². The summed E-state index contributed by atoms with van der Waals surface area (Å²) in [5.41, 5.74) is 10.1. The van der Waals surface area contributed by atoms with Crippen LogP contribution in [0.1, 0.15) is 21.9 Å². The molecule has 0 bridgehead atoms. The highest BCUT2D eigenvalue weighted by atomic mass is 35.5. The van der Waals surface area contributed by atoms with E-state index in [9.17, 15) is 4.79 Å². The van der Waals surface area contributed by atoms with Gasteiger partial charge in [0.25, 0.3) is 5.91 Å². The van der Waals surface area contributed by atoms with Gasteiger partial charge in [0.1, 0.15) is 23.9 Å². The lowest BCUT2D eigenvalue weighted by atomic mass is 10.1. The van der Waals surface area contributed by atoms with Gasteiger partial charge in [-0.1, -0.05) is 29.3 Å². The Bertz CT molecular complexity index is 1520. The van der Waals surface area contributed by atoms with Gasteiger partial charge in [-0.2, -0.15) is 0 Å². The van der Waals surface area contributed by atoms with Crippen LogP contribution in [0.2, 0.25) is 10.0 Å². The topological polar surface area (TPSA) is 95.9 Å². The molecule has 174 valence electrons. The van der Waals surface area contributed by atoms with Crippen LogP contribution >= 0.6 is 23.2 Å². The number of amides is 1. The number of carbonyl (C=O) groups excluding carboxylic acids is 1. The number of nitrogens with zero attached hydrogens (tertiary/aromatic N) is 4. The number of hydrogen-bond acceptors (Lipinski definition) is 5. The summed E-state index contributed by atoms with van der Waals surface area (Å²) in [4.78, 5) is 24.2. The minimum absolute atomic E-state index is 0.170. The number of primary amides is 1. The molecule has 5 rings (SSSR count). The lowest BCUT2D eigenvalue weighted by Crippen LogP contribution is -2.13. The van der Waals surface area contributed by atoms with Crippen LogP contribution in [0, 0.1) is 0 Å². The standard InChI is InChI=1S/C26H19Cl2N5O2/c27-19-2-4-21(28)18(11-19)14-33-24-12-17(16-7-9-30-10-8-16)1-5-22(24)32-25(33)15-35-20-3-6-23(26(29)34)31-13-20/h1-13H,14-15H2,(H2,29,34). The number of imidazole rings is 1. The van der Waals surface area contributed by atoms with Gasteiger partial charge in [-0.15, -0.1) is 0 Å². The number of hydrogen-bond donors (Lipinski definition) is 1. The van der Waals surface area contributed by atoms with E-state index in [4.69, 9.17) is 38.7 Å². The van der Waals surface area contributed by atoms with Crippen molar-refractivity contribution < 1.29 is 9.53 Å². The third-order valence-electron chi connectivity index (χ3n) is 5.53. The van der Waals surface area contributed by atoms with Crippen LogP contribution in [-0.4, -0.2) is 25.4 Å². The highest BCUT2D eigenvalue weighted by Gasteiger charge is 2.15. The molecule has 2 N–H and O–H groups in total. The van der Waals surface area contributed by atoms with E-state index >= 15 is 0 Å². The van der Waals surface area contributed by atoms with Crippen molar-refractivity contribution in [2.24, 2.45) is 5.73 Å². The molecule has 3 aromatic heterocycles. The molecular formula is C26H19Cl2N5O2. The van der Waals surface area contributed by atoms with Gasteiger partial charge in [-0.05, 0) is 71.3 Å². The van der Waals surface area contributed by atoms with Crippen molar-refractivity contribution in [2.75, 3.05) is 0 Å². The van der Waals surface area contributed by atoms with E-state index < -0.39 is 5.91 Å². The Labute approximate surface area is 211 Å². The minimum atomic E-state index is -0.596. The van der Waals surface area contributed by atoms with Crippen molar-refractivity contribution in [2.45, 2.75) is 13.2 Å². The molecular weight excluding hydrogens is 485 g/mol. The van der Waals surface area contributed by atoms with Gasteiger partial charge >= 0.3 is 0 Å². The lowest BCUT2D eigenvalue weighted by Gasteiger charge is -2.13. The Morgan fingerprint density at radius 1 is 0.971 bits per heavy atom. The summed E-state index contributed by atoms with van der Waals surface area (Å²) >= 11 is 12.7. The second-order valence-electron chi connectivity index (χ2n) is 7.82. The van der Waals surface area contributed by atoms with Crippen LogP contribution in [-0.2, 0) is 13.2 Å². The number of benzene rings is 2. The fourth-order valence-corrected chi connectivity index (χ4v) is 4.15. The zero-order valence-electron chi connectivity index (χ0n) is 18.4. The molecule has 5 aromatic rings. The molecule has 0 radical (unpaired) electrons. The quantitative estimate of drug-likeness (QED) is 0.315. The molecule has 1 amide bonds. The largest absolute Gasteiger partial charge is 0.484 e. The Kier molecular flexibility index (Phi) is 6.35. The van der Waals surface area contributed by atoms with Crippen molar-refractivity contribution in [3.8, 4) is 16.9 Å². The SMILES string of the molecule is NC(=O)c1ccc(OCc2nc3ccc(-c4ccncc4)cc3n2Cc2cc(Cl)ccc2Cl)cn1. The fraction of sp³-hybridized carbons (Fsp3) is 0.0769. The van der Waals surface area contributed by atoms with Crippen molar-refractivity contribution in [1.82, 2.24) is 19.5 Å².